The molecule has 0 atom stereocenters. The van der Waals surface area contributed by atoms with Crippen LogP contribution in [0.4, 0.5) is 0 Å². The van der Waals surface area contributed by atoms with Crippen molar-refractivity contribution in [2.75, 3.05) is 0 Å². The van der Waals surface area contributed by atoms with Gasteiger partial charge in [-0.15, -0.1) is 0 Å². The summed E-state index contributed by atoms with van der Waals surface area (Å²) in [4.78, 5) is 28.5. The molecule has 33 heavy (non-hydrogen) atoms. The molecule has 0 fully saturated rings. The number of carbonyl (C=O) groups is 2. The Morgan fingerprint density at radius 3 is 2.33 bits per heavy atom. The number of aromatic hydroxyl groups is 1. The maximum Gasteiger partial charge on any atom is 0.339 e. The molecule has 6 heteroatoms. The van der Waals surface area contributed by atoms with Gasteiger partial charge in [-0.2, -0.15) is 0 Å². The maximum absolute atomic E-state index is 12.6. The predicted octanol–water partition coefficient (Wildman–Crippen LogP) is 6.47. The van der Waals surface area contributed by atoms with Gasteiger partial charge in [0.15, 0.2) is 5.78 Å². The number of fused-ring (bicyclic) bond motifs is 1. The molecule has 0 saturated carbocycles. The summed E-state index contributed by atoms with van der Waals surface area (Å²) in [5.74, 6) is -2.37. The summed E-state index contributed by atoms with van der Waals surface area (Å²) < 4.78 is 0.392. The molecule has 0 bridgehead atoms. The van der Waals surface area contributed by atoms with Crippen molar-refractivity contribution in [1.29, 1.82) is 0 Å². The number of carboxylic acid groups (broad SMARTS) is 1. The summed E-state index contributed by atoms with van der Waals surface area (Å²) in [7, 11) is 0. The van der Waals surface area contributed by atoms with Gasteiger partial charge in [-0.05, 0) is 53.6 Å². The molecule has 1 aromatic heterocycles. The van der Waals surface area contributed by atoms with Crippen molar-refractivity contribution in [2.24, 2.45) is 0 Å². The van der Waals surface area contributed by atoms with Gasteiger partial charge in [0.1, 0.15) is 11.3 Å². The van der Waals surface area contributed by atoms with E-state index in [0.29, 0.717) is 4.47 Å². The summed E-state index contributed by atoms with van der Waals surface area (Å²) in [6.45, 7) is 0. The summed E-state index contributed by atoms with van der Waals surface area (Å²) in [6.07, 6.45) is 6.79. The predicted molar refractivity (Wildman–Crippen MR) is 133 cm³/mol. The molecule has 0 saturated heterocycles. The number of halogens is 1. The van der Waals surface area contributed by atoms with E-state index in [2.05, 4.69) is 20.9 Å². The van der Waals surface area contributed by atoms with Crippen LogP contribution in [-0.2, 0) is 0 Å². The standard InChI is InChI=1S/C27H18BrNO4/c28-20-15-22(26(31)23(16-20)27(32)33)25(30)13-9-18-5-3-4-17(14-18)8-11-21-12-10-19-6-1-2-7-24(19)29-21/h1-16,31H,(H,32,33). The number of para-hydroxylation sites is 1. The molecule has 162 valence electrons. The summed E-state index contributed by atoms with van der Waals surface area (Å²) in [5, 5.41) is 20.4. The minimum atomic E-state index is -1.31. The van der Waals surface area contributed by atoms with E-state index in [0.717, 1.165) is 27.7 Å². The zero-order valence-electron chi connectivity index (χ0n) is 17.3. The van der Waals surface area contributed by atoms with E-state index in [1.807, 2.05) is 72.8 Å². The largest absolute Gasteiger partial charge is 0.506 e. The second-order valence-corrected chi connectivity index (χ2v) is 8.20. The van der Waals surface area contributed by atoms with Crippen molar-refractivity contribution in [3.63, 3.8) is 0 Å². The first-order chi connectivity index (χ1) is 15.9. The molecule has 0 radical (unpaired) electrons. The first-order valence-electron chi connectivity index (χ1n) is 10.0. The topological polar surface area (TPSA) is 87.5 Å². The molecule has 0 spiro atoms. The number of pyridine rings is 1. The number of phenols is 1. The van der Waals surface area contributed by atoms with Crippen LogP contribution in [0.2, 0.25) is 0 Å². The van der Waals surface area contributed by atoms with Crippen LogP contribution in [0.5, 0.6) is 5.75 Å². The molecule has 0 amide bonds. The number of hydrogen-bond donors (Lipinski definition) is 2. The van der Waals surface area contributed by atoms with E-state index in [1.54, 1.807) is 6.08 Å². The number of benzene rings is 3. The second kappa shape index (κ2) is 9.63. The number of hydrogen-bond acceptors (Lipinski definition) is 4. The first kappa shape index (κ1) is 22.2. The van der Waals surface area contributed by atoms with Gasteiger partial charge in [-0.25, -0.2) is 9.78 Å². The van der Waals surface area contributed by atoms with Crippen LogP contribution >= 0.6 is 15.9 Å². The Morgan fingerprint density at radius 1 is 0.818 bits per heavy atom. The Balaban J connectivity index is 1.54. The Kier molecular flexibility index (Phi) is 6.47. The SMILES string of the molecule is O=C(O)c1cc(Br)cc(C(=O)C=Cc2cccc(C=Cc3ccc4ccccc4n3)c2)c1O. The normalized spacial score (nSPS) is 11.4. The molecular weight excluding hydrogens is 482 g/mol. The van der Waals surface area contributed by atoms with E-state index in [1.165, 1.54) is 18.2 Å². The van der Waals surface area contributed by atoms with Crippen LogP contribution in [-0.4, -0.2) is 26.9 Å². The second-order valence-electron chi connectivity index (χ2n) is 7.28. The zero-order chi connectivity index (χ0) is 23.4. The van der Waals surface area contributed by atoms with Crippen molar-refractivity contribution >= 4 is 56.8 Å². The Bertz CT molecular complexity index is 1440. The Hall–Kier alpha value is -4.03. The van der Waals surface area contributed by atoms with Gasteiger partial charge >= 0.3 is 5.97 Å². The molecule has 4 rings (SSSR count). The van der Waals surface area contributed by atoms with E-state index in [9.17, 15) is 19.8 Å². The fourth-order valence-corrected chi connectivity index (χ4v) is 3.79. The number of carboxylic acids is 1. The molecule has 2 N–H and O–H groups in total. The van der Waals surface area contributed by atoms with Crippen LogP contribution in [0.25, 0.3) is 29.1 Å². The van der Waals surface area contributed by atoms with Gasteiger partial charge in [-0.3, -0.25) is 4.79 Å². The molecule has 3 aromatic carbocycles. The van der Waals surface area contributed by atoms with E-state index >= 15 is 0 Å². The smallest absolute Gasteiger partial charge is 0.339 e. The first-order valence-corrected chi connectivity index (χ1v) is 10.8. The third-order valence-electron chi connectivity index (χ3n) is 4.97. The average molecular weight is 500 g/mol. The highest BCUT2D eigenvalue weighted by molar-refractivity contribution is 9.10. The van der Waals surface area contributed by atoms with Crippen LogP contribution in [0.1, 0.15) is 37.5 Å². The van der Waals surface area contributed by atoms with Gasteiger partial charge in [-0.1, -0.05) is 70.5 Å². The van der Waals surface area contributed by atoms with Crippen molar-refractivity contribution in [3.8, 4) is 5.75 Å². The van der Waals surface area contributed by atoms with Gasteiger partial charge in [0.05, 0.1) is 16.8 Å². The average Bonchev–Trinajstić information content (AvgIpc) is 2.82. The number of ketones is 1. The molecule has 1 heterocycles. The number of nitrogens with zero attached hydrogens (tertiary/aromatic N) is 1. The summed E-state index contributed by atoms with van der Waals surface area (Å²) >= 11 is 3.18. The van der Waals surface area contributed by atoms with Crippen molar-refractivity contribution in [1.82, 2.24) is 4.98 Å². The molecular formula is C27H18BrNO4. The minimum Gasteiger partial charge on any atom is -0.506 e. The minimum absolute atomic E-state index is 0.0866. The van der Waals surface area contributed by atoms with Crippen molar-refractivity contribution in [2.45, 2.75) is 0 Å². The van der Waals surface area contributed by atoms with Crippen LogP contribution in [0, 0.1) is 0 Å². The van der Waals surface area contributed by atoms with Gasteiger partial charge in [0.2, 0.25) is 0 Å². The fourth-order valence-electron chi connectivity index (χ4n) is 3.33. The number of carbonyl (C=O) groups excluding carboxylic acids is 1. The van der Waals surface area contributed by atoms with Gasteiger partial charge in [0, 0.05) is 9.86 Å². The van der Waals surface area contributed by atoms with Gasteiger partial charge < -0.3 is 10.2 Å². The summed E-state index contributed by atoms with van der Waals surface area (Å²) in [6, 6.07) is 22.1. The lowest BCUT2D eigenvalue weighted by molar-refractivity contribution is 0.0693. The molecule has 0 aliphatic heterocycles. The fraction of sp³-hybridized carbons (Fsp3) is 0. The lowest BCUT2D eigenvalue weighted by Gasteiger charge is -2.06. The maximum atomic E-state index is 12.6. The summed E-state index contributed by atoms with van der Waals surface area (Å²) in [5.41, 5.74) is 3.05. The molecule has 0 aliphatic rings. The molecule has 5 nitrogen and oxygen atoms in total. The van der Waals surface area contributed by atoms with Crippen LogP contribution in [0.15, 0.2) is 83.3 Å². The Morgan fingerprint density at radius 2 is 1.55 bits per heavy atom. The number of allylic oxidation sites excluding steroid dienone is 1. The van der Waals surface area contributed by atoms with Crippen LogP contribution < -0.4 is 0 Å². The van der Waals surface area contributed by atoms with E-state index < -0.39 is 17.5 Å². The lowest BCUT2D eigenvalue weighted by atomic mass is 10.0. The lowest BCUT2D eigenvalue weighted by Crippen LogP contribution is -2.03. The van der Waals surface area contributed by atoms with E-state index in [4.69, 9.17) is 0 Å². The highest BCUT2D eigenvalue weighted by Gasteiger charge is 2.18. The quantitative estimate of drug-likeness (QED) is 0.234. The number of aromatic carboxylic acids is 1. The van der Waals surface area contributed by atoms with E-state index in [-0.39, 0.29) is 11.1 Å². The third-order valence-corrected chi connectivity index (χ3v) is 5.43. The van der Waals surface area contributed by atoms with Crippen molar-refractivity contribution in [3.05, 3.63) is 111 Å². The monoisotopic (exact) mass is 499 g/mol. The Labute approximate surface area is 198 Å². The zero-order valence-corrected chi connectivity index (χ0v) is 18.9. The highest BCUT2D eigenvalue weighted by atomic mass is 79.9. The van der Waals surface area contributed by atoms with Crippen molar-refractivity contribution < 1.29 is 19.8 Å². The molecule has 4 aromatic rings. The number of rotatable bonds is 6. The third kappa shape index (κ3) is 5.25. The van der Waals surface area contributed by atoms with Gasteiger partial charge in [0.25, 0.3) is 0 Å². The van der Waals surface area contributed by atoms with Crippen LogP contribution in [0.3, 0.4) is 0 Å². The molecule has 0 aliphatic carbocycles. The molecule has 0 unspecified atom stereocenters. The highest BCUT2D eigenvalue weighted by Crippen LogP contribution is 2.28. The number of aromatic nitrogens is 1.